The Kier molecular flexibility index (Phi) is 4.94. The molecule has 0 saturated carbocycles. The summed E-state index contributed by atoms with van der Waals surface area (Å²) >= 11 is 0. The Balaban J connectivity index is 2.07. The molecular weight excluding hydrogens is 284 g/mol. The molecule has 0 bridgehead atoms. The lowest BCUT2D eigenvalue weighted by Crippen LogP contribution is -2.39. The molecule has 5 N–H and O–H groups in total. The van der Waals surface area contributed by atoms with E-state index in [1.54, 1.807) is 48.5 Å². The van der Waals surface area contributed by atoms with E-state index < -0.39 is 12.1 Å². The highest BCUT2D eigenvalue weighted by Gasteiger charge is 2.11. The van der Waals surface area contributed by atoms with Crippen LogP contribution in [0.25, 0.3) is 0 Å². The van der Waals surface area contributed by atoms with Crippen LogP contribution in [-0.4, -0.2) is 18.8 Å². The molecule has 2 rings (SSSR count). The summed E-state index contributed by atoms with van der Waals surface area (Å²) in [7, 11) is 0. The first-order valence-corrected chi connectivity index (χ1v) is 6.51. The fourth-order valence-electron chi connectivity index (χ4n) is 1.81. The molecular formula is C15H16N4O3. The summed E-state index contributed by atoms with van der Waals surface area (Å²) in [5.74, 6) is 0.428. The smallest absolute Gasteiger partial charge is 0.410 e. The number of nitrogens with one attached hydrogen (secondary N) is 1. The minimum absolute atomic E-state index is 0.0623. The number of anilines is 2. The highest BCUT2D eigenvalue weighted by Crippen LogP contribution is 2.19. The Labute approximate surface area is 127 Å². The maximum absolute atomic E-state index is 11.8. The van der Waals surface area contributed by atoms with Gasteiger partial charge in [0.25, 0.3) is 0 Å². The number of primary amides is 1. The second-order valence-corrected chi connectivity index (χ2v) is 4.33. The summed E-state index contributed by atoms with van der Waals surface area (Å²) in [5, 5.41) is 2.57. The quantitative estimate of drug-likeness (QED) is 0.751. The van der Waals surface area contributed by atoms with Crippen LogP contribution in [0.15, 0.2) is 54.6 Å². The lowest BCUT2D eigenvalue weighted by atomic mass is 10.2. The standard InChI is InChI=1S/C15H16N4O3/c16-10-19(14(17)20)12-6-4-5-11(9-12)18-15(21)22-13-7-2-1-3-8-13/h1-9H,10,16H2,(H2,17,20)(H,18,21). The zero-order chi connectivity index (χ0) is 15.9. The minimum Gasteiger partial charge on any atom is -0.410 e. The number of nitrogens with two attached hydrogens (primary N) is 2. The van der Waals surface area contributed by atoms with Gasteiger partial charge in [-0.3, -0.25) is 10.2 Å². The highest BCUT2D eigenvalue weighted by atomic mass is 16.6. The molecule has 7 heteroatoms. The number of ether oxygens (including phenoxy) is 1. The molecule has 2 aromatic carbocycles. The van der Waals surface area contributed by atoms with Crippen LogP contribution in [0, 0.1) is 0 Å². The summed E-state index contributed by atoms with van der Waals surface area (Å²) in [6, 6.07) is 14.5. The molecule has 0 aromatic heterocycles. The molecule has 0 heterocycles. The zero-order valence-corrected chi connectivity index (χ0v) is 11.7. The molecule has 0 unspecified atom stereocenters. The van der Waals surface area contributed by atoms with E-state index in [0.29, 0.717) is 17.1 Å². The van der Waals surface area contributed by atoms with Crippen LogP contribution in [0.2, 0.25) is 0 Å². The largest absolute Gasteiger partial charge is 0.417 e. The van der Waals surface area contributed by atoms with Crippen molar-refractivity contribution in [3.05, 3.63) is 54.6 Å². The van der Waals surface area contributed by atoms with Crippen LogP contribution < -0.4 is 26.4 Å². The summed E-state index contributed by atoms with van der Waals surface area (Å²) in [6.07, 6.45) is -0.637. The van der Waals surface area contributed by atoms with Gasteiger partial charge in [-0.15, -0.1) is 0 Å². The van der Waals surface area contributed by atoms with Gasteiger partial charge in [0.2, 0.25) is 0 Å². The normalized spacial score (nSPS) is 9.86. The number of carbonyl (C=O) groups is 2. The molecule has 0 spiro atoms. The summed E-state index contributed by atoms with van der Waals surface area (Å²) in [5.41, 5.74) is 11.6. The van der Waals surface area contributed by atoms with Gasteiger partial charge in [-0.05, 0) is 30.3 Å². The first-order chi connectivity index (χ1) is 10.6. The van der Waals surface area contributed by atoms with Crippen LogP contribution in [-0.2, 0) is 0 Å². The average Bonchev–Trinajstić information content (AvgIpc) is 2.49. The monoisotopic (exact) mass is 300 g/mol. The van der Waals surface area contributed by atoms with Crippen molar-refractivity contribution in [1.29, 1.82) is 0 Å². The van der Waals surface area contributed by atoms with Crippen molar-refractivity contribution < 1.29 is 14.3 Å². The number of urea groups is 1. The molecule has 0 atom stereocenters. The first-order valence-electron chi connectivity index (χ1n) is 6.51. The molecule has 0 saturated heterocycles. The van der Waals surface area contributed by atoms with Crippen molar-refractivity contribution >= 4 is 23.5 Å². The number of hydrogen-bond donors (Lipinski definition) is 3. The van der Waals surface area contributed by atoms with Crippen molar-refractivity contribution in [2.45, 2.75) is 0 Å². The van der Waals surface area contributed by atoms with Crippen LogP contribution in [0.3, 0.4) is 0 Å². The second kappa shape index (κ2) is 7.09. The molecule has 0 aliphatic rings. The average molecular weight is 300 g/mol. The highest BCUT2D eigenvalue weighted by molar-refractivity contribution is 5.92. The van der Waals surface area contributed by atoms with Gasteiger partial charge >= 0.3 is 12.1 Å². The van der Waals surface area contributed by atoms with Gasteiger partial charge in [0.05, 0.1) is 6.67 Å². The van der Waals surface area contributed by atoms with Crippen LogP contribution in [0.1, 0.15) is 0 Å². The van der Waals surface area contributed by atoms with E-state index in [-0.39, 0.29) is 6.67 Å². The van der Waals surface area contributed by atoms with Gasteiger partial charge in [-0.2, -0.15) is 0 Å². The summed E-state index contributed by atoms with van der Waals surface area (Å²) in [6.45, 7) is -0.0623. The molecule has 2 aromatic rings. The van der Waals surface area contributed by atoms with Crippen LogP contribution in [0.5, 0.6) is 5.75 Å². The molecule has 0 aliphatic heterocycles. The van der Waals surface area contributed by atoms with Gasteiger partial charge in [-0.25, -0.2) is 9.59 Å². The van der Waals surface area contributed by atoms with Crippen molar-refractivity contribution in [1.82, 2.24) is 0 Å². The fourth-order valence-corrected chi connectivity index (χ4v) is 1.81. The predicted molar refractivity (Wildman–Crippen MR) is 83.6 cm³/mol. The Morgan fingerprint density at radius 3 is 2.45 bits per heavy atom. The number of rotatable bonds is 4. The number of nitrogens with zero attached hydrogens (tertiary/aromatic N) is 1. The van der Waals surface area contributed by atoms with Crippen LogP contribution in [0.4, 0.5) is 21.0 Å². The van der Waals surface area contributed by atoms with E-state index in [4.69, 9.17) is 16.2 Å². The second-order valence-electron chi connectivity index (χ2n) is 4.33. The molecule has 22 heavy (non-hydrogen) atoms. The van der Waals surface area contributed by atoms with Crippen molar-refractivity contribution in [2.75, 3.05) is 16.9 Å². The van der Waals surface area contributed by atoms with Gasteiger partial charge in [0.15, 0.2) is 0 Å². The Morgan fingerprint density at radius 2 is 1.82 bits per heavy atom. The lowest BCUT2D eigenvalue weighted by Gasteiger charge is -2.18. The van der Waals surface area contributed by atoms with Crippen molar-refractivity contribution in [2.24, 2.45) is 11.5 Å². The van der Waals surface area contributed by atoms with E-state index in [0.717, 1.165) is 0 Å². The molecule has 114 valence electrons. The number of hydrogen-bond acceptors (Lipinski definition) is 4. The predicted octanol–water partition coefficient (Wildman–Crippen LogP) is 2.10. The number of benzene rings is 2. The minimum atomic E-state index is -0.675. The van der Waals surface area contributed by atoms with Gasteiger partial charge in [0.1, 0.15) is 5.75 Å². The van der Waals surface area contributed by atoms with Gasteiger partial charge < -0.3 is 16.2 Å². The van der Waals surface area contributed by atoms with Gasteiger partial charge in [0, 0.05) is 11.4 Å². The van der Waals surface area contributed by atoms with Crippen molar-refractivity contribution in [3.63, 3.8) is 0 Å². The Hall–Kier alpha value is -3.06. The third kappa shape index (κ3) is 3.97. The van der Waals surface area contributed by atoms with E-state index >= 15 is 0 Å². The van der Waals surface area contributed by atoms with Crippen LogP contribution >= 0.6 is 0 Å². The number of amides is 3. The summed E-state index contributed by atoms with van der Waals surface area (Å²) < 4.78 is 5.11. The Bertz CT molecular complexity index is 661. The third-order valence-corrected chi connectivity index (χ3v) is 2.81. The third-order valence-electron chi connectivity index (χ3n) is 2.81. The molecule has 7 nitrogen and oxygen atoms in total. The van der Waals surface area contributed by atoms with Crippen molar-refractivity contribution in [3.8, 4) is 5.75 Å². The molecule has 0 radical (unpaired) electrons. The zero-order valence-electron chi connectivity index (χ0n) is 11.7. The Morgan fingerprint density at radius 1 is 1.09 bits per heavy atom. The number of para-hydroxylation sites is 1. The topological polar surface area (TPSA) is 111 Å². The maximum Gasteiger partial charge on any atom is 0.417 e. The number of carbonyl (C=O) groups excluding carboxylic acids is 2. The summed E-state index contributed by atoms with van der Waals surface area (Å²) in [4.78, 5) is 24.2. The first kappa shape index (κ1) is 15.3. The molecule has 0 aliphatic carbocycles. The SMILES string of the molecule is NCN(C(N)=O)c1cccc(NC(=O)Oc2ccccc2)c1. The van der Waals surface area contributed by atoms with E-state index in [1.807, 2.05) is 6.07 Å². The van der Waals surface area contributed by atoms with E-state index in [1.165, 1.54) is 4.90 Å². The lowest BCUT2D eigenvalue weighted by molar-refractivity contribution is 0.215. The molecule has 3 amide bonds. The molecule has 0 fully saturated rings. The van der Waals surface area contributed by atoms with E-state index in [9.17, 15) is 9.59 Å². The van der Waals surface area contributed by atoms with E-state index in [2.05, 4.69) is 5.32 Å². The fraction of sp³-hybridized carbons (Fsp3) is 0.0667. The van der Waals surface area contributed by atoms with Gasteiger partial charge in [-0.1, -0.05) is 24.3 Å². The maximum atomic E-state index is 11.8.